The Bertz CT molecular complexity index is 263. The van der Waals surface area contributed by atoms with Crippen molar-refractivity contribution in [1.29, 1.82) is 0 Å². The third-order valence-corrected chi connectivity index (χ3v) is 3.06. The standard InChI is InChI=1S/C10H18BrN3O2/c1-8(11)10(16)14-5-3-13(4-6-14)7-9(15)12-2/h8H,3-7H2,1-2H3,(H,12,15). The highest BCUT2D eigenvalue weighted by Gasteiger charge is 2.24. The molecule has 0 bridgehead atoms. The first kappa shape index (κ1) is 13.4. The van der Waals surface area contributed by atoms with Crippen molar-refractivity contribution < 1.29 is 9.59 Å². The monoisotopic (exact) mass is 291 g/mol. The van der Waals surface area contributed by atoms with Gasteiger partial charge in [-0.1, -0.05) is 15.9 Å². The molecule has 1 atom stereocenters. The molecule has 0 saturated carbocycles. The molecular weight excluding hydrogens is 274 g/mol. The first-order chi connectivity index (χ1) is 7.54. The van der Waals surface area contributed by atoms with Gasteiger partial charge in [0.1, 0.15) is 0 Å². The minimum atomic E-state index is -0.127. The Morgan fingerprint density at radius 2 is 1.88 bits per heavy atom. The first-order valence-electron chi connectivity index (χ1n) is 5.40. The molecule has 0 aromatic heterocycles. The second-order valence-electron chi connectivity index (χ2n) is 3.89. The van der Waals surface area contributed by atoms with Gasteiger partial charge in [0.05, 0.1) is 11.4 Å². The van der Waals surface area contributed by atoms with Gasteiger partial charge < -0.3 is 10.2 Å². The normalized spacial score (nSPS) is 19.3. The highest BCUT2D eigenvalue weighted by atomic mass is 79.9. The topological polar surface area (TPSA) is 52.7 Å². The smallest absolute Gasteiger partial charge is 0.236 e. The summed E-state index contributed by atoms with van der Waals surface area (Å²) >= 11 is 3.27. The quantitative estimate of drug-likeness (QED) is 0.724. The zero-order valence-electron chi connectivity index (χ0n) is 9.70. The van der Waals surface area contributed by atoms with Crippen molar-refractivity contribution in [2.24, 2.45) is 0 Å². The van der Waals surface area contributed by atoms with E-state index in [-0.39, 0.29) is 16.6 Å². The second-order valence-corrected chi connectivity index (χ2v) is 5.26. The lowest BCUT2D eigenvalue weighted by Crippen LogP contribution is -2.52. The Morgan fingerprint density at radius 3 is 2.31 bits per heavy atom. The molecule has 1 aliphatic heterocycles. The Hall–Kier alpha value is -0.620. The van der Waals surface area contributed by atoms with E-state index in [0.29, 0.717) is 19.6 Å². The number of alkyl halides is 1. The summed E-state index contributed by atoms with van der Waals surface area (Å²) in [6.07, 6.45) is 0. The molecule has 92 valence electrons. The van der Waals surface area contributed by atoms with Gasteiger partial charge in [0.25, 0.3) is 0 Å². The van der Waals surface area contributed by atoms with Crippen LogP contribution in [0, 0.1) is 0 Å². The molecule has 0 aromatic rings. The number of carbonyl (C=O) groups is 2. The number of hydrogen-bond acceptors (Lipinski definition) is 3. The van der Waals surface area contributed by atoms with Gasteiger partial charge in [-0.15, -0.1) is 0 Å². The molecule has 0 aliphatic carbocycles. The van der Waals surface area contributed by atoms with Gasteiger partial charge in [0, 0.05) is 33.2 Å². The van der Waals surface area contributed by atoms with E-state index >= 15 is 0 Å². The van der Waals surface area contributed by atoms with Gasteiger partial charge >= 0.3 is 0 Å². The summed E-state index contributed by atoms with van der Waals surface area (Å²) in [6, 6.07) is 0. The van der Waals surface area contributed by atoms with Crippen LogP contribution in [0.4, 0.5) is 0 Å². The van der Waals surface area contributed by atoms with Gasteiger partial charge in [-0.25, -0.2) is 0 Å². The van der Waals surface area contributed by atoms with E-state index < -0.39 is 0 Å². The van der Waals surface area contributed by atoms with Gasteiger partial charge in [-0.05, 0) is 6.92 Å². The molecular formula is C10H18BrN3O2. The number of halogens is 1. The first-order valence-corrected chi connectivity index (χ1v) is 6.32. The molecule has 1 N–H and O–H groups in total. The van der Waals surface area contributed by atoms with Crippen LogP contribution in [0.1, 0.15) is 6.92 Å². The lowest BCUT2D eigenvalue weighted by Gasteiger charge is -2.34. The number of rotatable bonds is 3. The molecule has 2 amide bonds. The Morgan fingerprint density at radius 1 is 1.31 bits per heavy atom. The van der Waals surface area contributed by atoms with Crippen LogP contribution < -0.4 is 5.32 Å². The van der Waals surface area contributed by atoms with Crippen LogP contribution in [-0.2, 0) is 9.59 Å². The lowest BCUT2D eigenvalue weighted by atomic mass is 10.3. The van der Waals surface area contributed by atoms with Crippen molar-refractivity contribution >= 4 is 27.7 Å². The Balaban J connectivity index is 2.34. The van der Waals surface area contributed by atoms with Crippen LogP contribution in [0.5, 0.6) is 0 Å². The highest BCUT2D eigenvalue weighted by molar-refractivity contribution is 9.10. The zero-order chi connectivity index (χ0) is 12.1. The van der Waals surface area contributed by atoms with Crippen molar-refractivity contribution in [2.75, 3.05) is 39.8 Å². The number of piperazine rings is 1. The fraction of sp³-hybridized carbons (Fsp3) is 0.800. The second kappa shape index (κ2) is 6.20. The van der Waals surface area contributed by atoms with E-state index in [9.17, 15) is 9.59 Å². The molecule has 1 fully saturated rings. The predicted molar refractivity (Wildman–Crippen MR) is 65.5 cm³/mol. The van der Waals surface area contributed by atoms with Crippen LogP contribution in [0.15, 0.2) is 0 Å². The van der Waals surface area contributed by atoms with Crippen molar-refractivity contribution in [1.82, 2.24) is 15.1 Å². The summed E-state index contributed by atoms with van der Waals surface area (Å²) in [5.74, 6) is 0.147. The van der Waals surface area contributed by atoms with Gasteiger partial charge in [0.15, 0.2) is 0 Å². The molecule has 0 aromatic carbocycles. The summed E-state index contributed by atoms with van der Waals surface area (Å²) in [5.41, 5.74) is 0. The van der Waals surface area contributed by atoms with E-state index in [0.717, 1.165) is 13.1 Å². The highest BCUT2D eigenvalue weighted by Crippen LogP contribution is 2.07. The minimum Gasteiger partial charge on any atom is -0.358 e. The number of nitrogens with zero attached hydrogens (tertiary/aromatic N) is 2. The maximum absolute atomic E-state index is 11.7. The number of likely N-dealkylation sites (N-methyl/N-ethyl adjacent to an activating group) is 1. The number of nitrogens with one attached hydrogen (secondary N) is 1. The fourth-order valence-corrected chi connectivity index (χ4v) is 1.95. The van der Waals surface area contributed by atoms with E-state index in [1.54, 1.807) is 7.05 Å². The maximum Gasteiger partial charge on any atom is 0.236 e. The largest absolute Gasteiger partial charge is 0.358 e. The molecule has 6 heteroatoms. The Kier molecular flexibility index (Phi) is 5.21. The van der Waals surface area contributed by atoms with E-state index in [4.69, 9.17) is 0 Å². The van der Waals surface area contributed by atoms with Crippen LogP contribution in [0.3, 0.4) is 0 Å². The molecule has 0 spiro atoms. The molecule has 0 radical (unpaired) electrons. The van der Waals surface area contributed by atoms with Crippen LogP contribution in [-0.4, -0.2) is 66.2 Å². The molecule has 1 saturated heterocycles. The molecule has 1 unspecified atom stereocenters. The van der Waals surface area contributed by atoms with Crippen molar-refractivity contribution in [3.8, 4) is 0 Å². The molecule has 1 heterocycles. The van der Waals surface area contributed by atoms with Crippen molar-refractivity contribution in [2.45, 2.75) is 11.8 Å². The van der Waals surface area contributed by atoms with Crippen molar-refractivity contribution in [3.63, 3.8) is 0 Å². The van der Waals surface area contributed by atoms with Gasteiger partial charge in [-0.3, -0.25) is 14.5 Å². The van der Waals surface area contributed by atoms with Crippen molar-refractivity contribution in [3.05, 3.63) is 0 Å². The van der Waals surface area contributed by atoms with E-state index in [2.05, 4.69) is 26.1 Å². The fourth-order valence-electron chi connectivity index (χ4n) is 1.66. The summed E-state index contributed by atoms with van der Waals surface area (Å²) in [7, 11) is 1.63. The third-order valence-electron chi connectivity index (χ3n) is 2.67. The van der Waals surface area contributed by atoms with Crippen LogP contribution in [0.2, 0.25) is 0 Å². The molecule has 5 nitrogen and oxygen atoms in total. The van der Waals surface area contributed by atoms with Crippen LogP contribution in [0.25, 0.3) is 0 Å². The molecule has 1 aliphatic rings. The number of hydrogen-bond donors (Lipinski definition) is 1. The van der Waals surface area contributed by atoms with E-state index in [1.165, 1.54) is 0 Å². The minimum absolute atomic E-state index is 0.0219. The third kappa shape index (κ3) is 3.75. The number of amides is 2. The molecule has 1 rings (SSSR count). The van der Waals surface area contributed by atoms with Crippen LogP contribution >= 0.6 is 15.9 Å². The zero-order valence-corrected chi connectivity index (χ0v) is 11.3. The average molecular weight is 292 g/mol. The summed E-state index contributed by atoms with van der Waals surface area (Å²) in [6.45, 7) is 5.18. The van der Waals surface area contributed by atoms with Gasteiger partial charge in [0.2, 0.25) is 11.8 Å². The lowest BCUT2D eigenvalue weighted by molar-refractivity contribution is -0.132. The average Bonchev–Trinajstić information content (AvgIpc) is 2.28. The summed E-state index contributed by atoms with van der Waals surface area (Å²) < 4.78 is 0. The maximum atomic E-state index is 11.7. The number of carbonyl (C=O) groups excluding carboxylic acids is 2. The summed E-state index contributed by atoms with van der Waals surface area (Å²) in [4.78, 5) is 26.6. The van der Waals surface area contributed by atoms with E-state index in [1.807, 2.05) is 11.8 Å². The van der Waals surface area contributed by atoms with Gasteiger partial charge in [-0.2, -0.15) is 0 Å². The SMILES string of the molecule is CNC(=O)CN1CCN(C(=O)C(C)Br)CC1. The summed E-state index contributed by atoms with van der Waals surface area (Å²) in [5, 5.41) is 2.60. The predicted octanol–water partition coefficient (Wildman–Crippen LogP) is -0.340. The Labute approximate surface area is 104 Å². The molecule has 16 heavy (non-hydrogen) atoms.